The molecule has 2 aliphatic rings. The van der Waals surface area contributed by atoms with E-state index in [4.69, 9.17) is 0 Å². The molecule has 18 heavy (non-hydrogen) atoms. The van der Waals surface area contributed by atoms with E-state index in [0.29, 0.717) is 6.04 Å². The van der Waals surface area contributed by atoms with Crippen LogP contribution in [0.15, 0.2) is 18.3 Å². The zero-order valence-electron chi connectivity index (χ0n) is 11.2. The van der Waals surface area contributed by atoms with Crippen LogP contribution >= 0.6 is 0 Å². The third kappa shape index (κ3) is 2.66. The number of nitrogens with one attached hydrogen (secondary N) is 1. The Morgan fingerprint density at radius 1 is 1.28 bits per heavy atom. The molecule has 0 amide bonds. The van der Waals surface area contributed by atoms with Crippen LogP contribution in [-0.2, 0) is 6.54 Å². The molecule has 0 saturated heterocycles. The molecule has 2 saturated carbocycles. The Balaban J connectivity index is 1.71. The maximum atomic E-state index is 4.61. The molecule has 0 aromatic carbocycles. The molecule has 0 unspecified atom stereocenters. The van der Waals surface area contributed by atoms with E-state index in [1.54, 1.807) is 0 Å². The standard InChI is InChI=1S/C15H23N3/c1-18(14-6-2-3-7-14)15-12(5-4-10-16-15)11-17-13-8-9-13/h4-5,10,13-14,17H,2-3,6-9,11H2,1H3. The number of pyridine rings is 1. The van der Waals surface area contributed by atoms with E-state index in [1.165, 1.54) is 49.9 Å². The van der Waals surface area contributed by atoms with E-state index in [0.717, 1.165) is 12.6 Å². The summed E-state index contributed by atoms with van der Waals surface area (Å²) >= 11 is 0. The molecule has 0 aliphatic heterocycles. The fourth-order valence-corrected chi connectivity index (χ4v) is 2.89. The van der Waals surface area contributed by atoms with E-state index < -0.39 is 0 Å². The normalized spacial score (nSPS) is 20.3. The van der Waals surface area contributed by atoms with Gasteiger partial charge in [0, 0.05) is 37.4 Å². The third-order valence-corrected chi connectivity index (χ3v) is 4.23. The predicted molar refractivity (Wildman–Crippen MR) is 74.8 cm³/mol. The highest BCUT2D eigenvalue weighted by molar-refractivity contribution is 5.47. The first-order valence-corrected chi connectivity index (χ1v) is 7.24. The number of anilines is 1. The van der Waals surface area contributed by atoms with Gasteiger partial charge >= 0.3 is 0 Å². The molecule has 2 fully saturated rings. The fraction of sp³-hybridized carbons (Fsp3) is 0.667. The summed E-state index contributed by atoms with van der Waals surface area (Å²) in [6.07, 6.45) is 9.99. The van der Waals surface area contributed by atoms with Crippen LogP contribution in [0.1, 0.15) is 44.1 Å². The zero-order valence-corrected chi connectivity index (χ0v) is 11.2. The van der Waals surface area contributed by atoms with Crippen molar-refractivity contribution in [1.82, 2.24) is 10.3 Å². The van der Waals surface area contributed by atoms with E-state index in [9.17, 15) is 0 Å². The Morgan fingerprint density at radius 2 is 2.06 bits per heavy atom. The molecule has 98 valence electrons. The van der Waals surface area contributed by atoms with Gasteiger partial charge in [-0.2, -0.15) is 0 Å². The molecule has 1 N–H and O–H groups in total. The summed E-state index contributed by atoms with van der Waals surface area (Å²) in [6, 6.07) is 5.72. The first-order valence-electron chi connectivity index (χ1n) is 7.24. The van der Waals surface area contributed by atoms with Gasteiger partial charge in [-0.05, 0) is 31.7 Å². The molecule has 3 nitrogen and oxygen atoms in total. The summed E-state index contributed by atoms with van der Waals surface area (Å²) in [5, 5.41) is 3.59. The van der Waals surface area contributed by atoms with Crippen LogP contribution in [0.5, 0.6) is 0 Å². The van der Waals surface area contributed by atoms with Crippen LogP contribution in [0.2, 0.25) is 0 Å². The highest BCUT2D eigenvalue weighted by Gasteiger charge is 2.24. The quantitative estimate of drug-likeness (QED) is 0.864. The maximum Gasteiger partial charge on any atom is 0.132 e. The van der Waals surface area contributed by atoms with Crippen molar-refractivity contribution in [1.29, 1.82) is 0 Å². The summed E-state index contributed by atoms with van der Waals surface area (Å²) < 4.78 is 0. The van der Waals surface area contributed by atoms with Crippen LogP contribution in [0, 0.1) is 0 Å². The number of nitrogens with zero attached hydrogens (tertiary/aromatic N) is 2. The Labute approximate surface area is 110 Å². The summed E-state index contributed by atoms with van der Waals surface area (Å²) in [6.45, 7) is 0.963. The predicted octanol–water partition coefficient (Wildman–Crippen LogP) is 2.71. The second kappa shape index (κ2) is 5.27. The van der Waals surface area contributed by atoms with Crippen molar-refractivity contribution in [2.75, 3.05) is 11.9 Å². The van der Waals surface area contributed by atoms with Crippen molar-refractivity contribution in [2.45, 2.75) is 57.2 Å². The van der Waals surface area contributed by atoms with E-state index >= 15 is 0 Å². The molecule has 0 radical (unpaired) electrons. The maximum absolute atomic E-state index is 4.61. The van der Waals surface area contributed by atoms with Crippen LogP contribution in [0.3, 0.4) is 0 Å². The Hall–Kier alpha value is -1.09. The molecule has 3 heteroatoms. The van der Waals surface area contributed by atoms with Gasteiger partial charge in [-0.1, -0.05) is 18.9 Å². The topological polar surface area (TPSA) is 28.2 Å². The molecule has 0 bridgehead atoms. The fourth-order valence-electron chi connectivity index (χ4n) is 2.89. The monoisotopic (exact) mass is 245 g/mol. The largest absolute Gasteiger partial charge is 0.356 e. The van der Waals surface area contributed by atoms with Crippen LogP contribution < -0.4 is 10.2 Å². The second-order valence-electron chi connectivity index (χ2n) is 5.69. The SMILES string of the molecule is CN(c1ncccc1CNC1CC1)C1CCCC1. The van der Waals surface area contributed by atoms with Crippen LogP contribution in [-0.4, -0.2) is 24.1 Å². The van der Waals surface area contributed by atoms with Crippen LogP contribution in [0.4, 0.5) is 5.82 Å². The van der Waals surface area contributed by atoms with E-state index in [1.807, 2.05) is 6.20 Å². The van der Waals surface area contributed by atoms with Crippen molar-refractivity contribution in [3.63, 3.8) is 0 Å². The van der Waals surface area contributed by atoms with Crippen molar-refractivity contribution in [2.24, 2.45) is 0 Å². The first-order chi connectivity index (χ1) is 8.84. The Kier molecular flexibility index (Phi) is 3.50. The van der Waals surface area contributed by atoms with Crippen LogP contribution in [0.25, 0.3) is 0 Å². The smallest absolute Gasteiger partial charge is 0.132 e. The molecule has 1 heterocycles. The van der Waals surface area contributed by atoms with Crippen molar-refractivity contribution >= 4 is 5.82 Å². The summed E-state index contributed by atoms with van der Waals surface area (Å²) in [5.41, 5.74) is 1.35. The number of hydrogen-bond donors (Lipinski definition) is 1. The minimum absolute atomic E-state index is 0.694. The van der Waals surface area contributed by atoms with Gasteiger partial charge < -0.3 is 10.2 Å². The average molecular weight is 245 g/mol. The number of aromatic nitrogens is 1. The molecule has 3 rings (SSSR count). The first kappa shape index (κ1) is 12.0. The lowest BCUT2D eigenvalue weighted by molar-refractivity contribution is 0.633. The molecule has 2 aliphatic carbocycles. The van der Waals surface area contributed by atoms with Gasteiger partial charge in [-0.15, -0.1) is 0 Å². The average Bonchev–Trinajstić information content (AvgIpc) is 3.08. The highest BCUT2D eigenvalue weighted by Crippen LogP contribution is 2.28. The van der Waals surface area contributed by atoms with Gasteiger partial charge in [0.1, 0.15) is 5.82 Å². The van der Waals surface area contributed by atoms with Crippen molar-refractivity contribution in [3.8, 4) is 0 Å². The second-order valence-corrected chi connectivity index (χ2v) is 5.69. The van der Waals surface area contributed by atoms with E-state index in [2.05, 4.69) is 34.4 Å². The third-order valence-electron chi connectivity index (χ3n) is 4.23. The number of rotatable bonds is 5. The van der Waals surface area contributed by atoms with Crippen molar-refractivity contribution < 1.29 is 0 Å². The molecule has 0 atom stereocenters. The Bertz CT molecular complexity index is 394. The van der Waals surface area contributed by atoms with Crippen molar-refractivity contribution in [3.05, 3.63) is 23.9 Å². The van der Waals surface area contributed by atoms with Gasteiger partial charge in [0.15, 0.2) is 0 Å². The van der Waals surface area contributed by atoms with Gasteiger partial charge in [0.05, 0.1) is 0 Å². The molecular formula is C15H23N3. The molecule has 1 aromatic heterocycles. The minimum atomic E-state index is 0.694. The molecular weight excluding hydrogens is 222 g/mol. The zero-order chi connectivity index (χ0) is 12.4. The Morgan fingerprint density at radius 3 is 2.78 bits per heavy atom. The highest BCUT2D eigenvalue weighted by atomic mass is 15.2. The van der Waals surface area contributed by atoms with E-state index in [-0.39, 0.29) is 0 Å². The van der Waals surface area contributed by atoms with Gasteiger partial charge in [0.2, 0.25) is 0 Å². The summed E-state index contributed by atoms with van der Waals surface area (Å²) in [4.78, 5) is 7.01. The lowest BCUT2D eigenvalue weighted by atomic mass is 10.2. The van der Waals surface area contributed by atoms with Gasteiger partial charge in [0.25, 0.3) is 0 Å². The van der Waals surface area contributed by atoms with Gasteiger partial charge in [-0.25, -0.2) is 4.98 Å². The lowest BCUT2D eigenvalue weighted by Crippen LogP contribution is -2.31. The summed E-state index contributed by atoms with van der Waals surface area (Å²) in [7, 11) is 2.21. The number of hydrogen-bond acceptors (Lipinski definition) is 3. The van der Waals surface area contributed by atoms with Gasteiger partial charge in [-0.3, -0.25) is 0 Å². The minimum Gasteiger partial charge on any atom is -0.356 e. The molecule has 1 aromatic rings. The molecule has 0 spiro atoms. The summed E-state index contributed by atoms with van der Waals surface area (Å²) in [5.74, 6) is 1.18. The lowest BCUT2D eigenvalue weighted by Gasteiger charge is -2.27.